The second-order valence-electron chi connectivity index (χ2n) is 8.36. The van der Waals surface area contributed by atoms with E-state index in [-0.39, 0.29) is 23.4 Å². The fourth-order valence-corrected chi connectivity index (χ4v) is 4.54. The molecule has 150 valence electrons. The maximum atomic E-state index is 12.5. The van der Waals surface area contributed by atoms with E-state index in [1.54, 1.807) is 16.7 Å². The van der Waals surface area contributed by atoms with Gasteiger partial charge in [0, 0.05) is 43.9 Å². The van der Waals surface area contributed by atoms with Crippen LogP contribution >= 0.6 is 0 Å². The normalized spacial score (nSPS) is 19.8. The lowest BCUT2D eigenvalue weighted by Gasteiger charge is -2.33. The smallest absolute Gasteiger partial charge is 0.258 e. The number of nitrogens with zero attached hydrogens (tertiary/aromatic N) is 3. The van der Waals surface area contributed by atoms with E-state index in [1.807, 2.05) is 19.1 Å². The Morgan fingerprint density at radius 2 is 1.93 bits per heavy atom. The third-order valence-corrected chi connectivity index (χ3v) is 6.23. The van der Waals surface area contributed by atoms with Crippen LogP contribution in [0.4, 0.5) is 0 Å². The predicted molar refractivity (Wildman–Crippen MR) is 109 cm³/mol. The first-order chi connectivity index (χ1) is 13.6. The van der Waals surface area contributed by atoms with E-state index in [9.17, 15) is 9.59 Å². The summed E-state index contributed by atoms with van der Waals surface area (Å²) < 4.78 is 1.60. The lowest BCUT2D eigenvalue weighted by molar-refractivity contribution is -0.127. The number of likely N-dealkylation sites (tertiary alicyclic amines) is 1. The summed E-state index contributed by atoms with van der Waals surface area (Å²) in [6, 6.07) is 5.77. The van der Waals surface area contributed by atoms with Gasteiger partial charge in [0.1, 0.15) is 5.65 Å². The molecule has 4 rings (SSSR count). The molecule has 1 saturated heterocycles. The van der Waals surface area contributed by atoms with Crippen LogP contribution in [0.5, 0.6) is 0 Å². The lowest BCUT2D eigenvalue weighted by atomic mass is 9.88. The monoisotopic (exact) mass is 382 g/mol. The molecule has 0 radical (unpaired) electrons. The van der Waals surface area contributed by atoms with Gasteiger partial charge in [-0.25, -0.2) is 4.98 Å². The second kappa shape index (κ2) is 8.43. The zero-order valence-corrected chi connectivity index (χ0v) is 16.7. The maximum absolute atomic E-state index is 12.5. The van der Waals surface area contributed by atoms with Gasteiger partial charge in [-0.15, -0.1) is 0 Å². The van der Waals surface area contributed by atoms with E-state index in [4.69, 9.17) is 4.98 Å². The van der Waals surface area contributed by atoms with Crippen LogP contribution in [0.2, 0.25) is 0 Å². The van der Waals surface area contributed by atoms with Crippen molar-refractivity contribution >= 4 is 11.6 Å². The van der Waals surface area contributed by atoms with Crippen LogP contribution in [0.25, 0.3) is 5.65 Å². The average Bonchev–Trinajstić information content (AvgIpc) is 2.71. The zero-order chi connectivity index (χ0) is 19.5. The largest absolute Gasteiger partial charge is 0.353 e. The number of nitrogens with one attached hydrogen (secondary N) is 1. The minimum atomic E-state index is -0.0293. The van der Waals surface area contributed by atoms with Gasteiger partial charge in [-0.1, -0.05) is 25.3 Å². The number of piperidine rings is 1. The van der Waals surface area contributed by atoms with E-state index in [0.29, 0.717) is 6.54 Å². The number of aromatic nitrogens is 2. The quantitative estimate of drug-likeness (QED) is 0.883. The molecule has 2 aromatic rings. The highest BCUT2D eigenvalue weighted by atomic mass is 16.2. The minimum Gasteiger partial charge on any atom is -0.353 e. The van der Waals surface area contributed by atoms with Gasteiger partial charge < -0.3 is 5.32 Å². The standard InChI is InChI=1S/C22H30N4O2/c1-16-6-5-11-26-20(27)14-19(23-21(16)26)15-25-12-9-18(10-13-25)24-22(28)17-7-3-2-4-8-17/h5-6,11,14,17-18H,2-4,7-10,12-13,15H2,1H3,(H,24,28). The van der Waals surface area contributed by atoms with Crippen molar-refractivity contribution < 1.29 is 4.79 Å². The average molecular weight is 383 g/mol. The maximum Gasteiger partial charge on any atom is 0.258 e. The van der Waals surface area contributed by atoms with Gasteiger partial charge in [0.2, 0.25) is 5.91 Å². The Morgan fingerprint density at radius 1 is 1.18 bits per heavy atom. The highest BCUT2D eigenvalue weighted by Gasteiger charge is 2.26. The Labute approximate surface area is 166 Å². The summed E-state index contributed by atoms with van der Waals surface area (Å²) in [5.74, 6) is 0.489. The molecule has 2 fully saturated rings. The first kappa shape index (κ1) is 19.1. The molecule has 1 aliphatic carbocycles. The molecule has 0 atom stereocenters. The number of aryl methyl sites for hydroxylation is 1. The minimum absolute atomic E-state index is 0.0293. The van der Waals surface area contributed by atoms with Gasteiger partial charge >= 0.3 is 0 Å². The number of hydrogen-bond acceptors (Lipinski definition) is 4. The third-order valence-electron chi connectivity index (χ3n) is 6.23. The van der Waals surface area contributed by atoms with E-state index in [1.165, 1.54) is 19.3 Å². The van der Waals surface area contributed by atoms with Gasteiger partial charge in [0.15, 0.2) is 0 Å². The Hall–Kier alpha value is -2.21. The fraction of sp³-hybridized carbons (Fsp3) is 0.591. The summed E-state index contributed by atoms with van der Waals surface area (Å²) in [5.41, 5.74) is 2.53. The number of hydrogen-bond donors (Lipinski definition) is 1. The lowest BCUT2D eigenvalue weighted by Crippen LogP contribution is -2.46. The van der Waals surface area contributed by atoms with Crippen molar-refractivity contribution in [3.05, 3.63) is 46.0 Å². The van der Waals surface area contributed by atoms with E-state index in [0.717, 1.165) is 55.7 Å². The molecule has 0 unspecified atom stereocenters. The number of fused-ring (bicyclic) bond motifs is 1. The summed E-state index contributed by atoms with van der Waals surface area (Å²) in [4.78, 5) is 31.9. The molecule has 3 heterocycles. The Kier molecular flexibility index (Phi) is 5.76. The van der Waals surface area contributed by atoms with Crippen molar-refractivity contribution in [3.8, 4) is 0 Å². The van der Waals surface area contributed by atoms with Crippen molar-refractivity contribution in [1.29, 1.82) is 0 Å². The summed E-state index contributed by atoms with van der Waals surface area (Å²) in [6.45, 7) is 4.50. The van der Waals surface area contributed by atoms with E-state index in [2.05, 4.69) is 10.2 Å². The van der Waals surface area contributed by atoms with Crippen LogP contribution < -0.4 is 10.9 Å². The highest BCUT2D eigenvalue weighted by molar-refractivity contribution is 5.79. The summed E-state index contributed by atoms with van der Waals surface area (Å²) in [6.07, 6.45) is 9.44. The van der Waals surface area contributed by atoms with Crippen LogP contribution in [0.1, 0.15) is 56.2 Å². The molecule has 0 bridgehead atoms. The molecular formula is C22H30N4O2. The Bertz CT molecular complexity index is 893. The fourth-order valence-electron chi connectivity index (χ4n) is 4.54. The highest BCUT2D eigenvalue weighted by Crippen LogP contribution is 2.24. The number of carbonyl (C=O) groups is 1. The molecule has 0 aromatic carbocycles. The van der Waals surface area contributed by atoms with Gasteiger partial charge in [-0.3, -0.25) is 18.9 Å². The molecule has 28 heavy (non-hydrogen) atoms. The molecule has 1 N–H and O–H groups in total. The van der Waals surface area contributed by atoms with Crippen molar-refractivity contribution in [3.63, 3.8) is 0 Å². The van der Waals surface area contributed by atoms with E-state index < -0.39 is 0 Å². The molecule has 1 amide bonds. The molecule has 6 nitrogen and oxygen atoms in total. The van der Waals surface area contributed by atoms with Crippen molar-refractivity contribution in [2.75, 3.05) is 13.1 Å². The summed E-state index contributed by atoms with van der Waals surface area (Å²) >= 11 is 0. The molecule has 1 aliphatic heterocycles. The predicted octanol–water partition coefficient (Wildman–Crippen LogP) is 2.66. The SMILES string of the molecule is Cc1cccn2c(=O)cc(CN3CCC(NC(=O)C4CCCCC4)CC3)nc12. The first-order valence-electron chi connectivity index (χ1n) is 10.6. The molecular weight excluding hydrogens is 352 g/mol. The van der Waals surface area contributed by atoms with Crippen molar-refractivity contribution in [2.45, 2.75) is 64.5 Å². The summed E-state index contributed by atoms with van der Waals surface area (Å²) in [5, 5.41) is 3.28. The van der Waals surface area contributed by atoms with Crippen LogP contribution in [0.3, 0.4) is 0 Å². The van der Waals surface area contributed by atoms with Crippen LogP contribution in [-0.2, 0) is 11.3 Å². The topological polar surface area (TPSA) is 66.7 Å². The van der Waals surface area contributed by atoms with Crippen LogP contribution in [0, 0.1) is 12.8 Å². The third kappa shape index (κ3) is 4.27. The molecule has 2 aliphatic rings. The number of rotatable bonds is 4. The molecule has 0 spiro atoms. The van der Waals surface area contributed by atoms with Gasteiger partial charge in [-0.2, -0.15) is 0 Å². The molecule has 6 heteroatoms. The molecule has 1 saturated carbocycles. The van der Waals surface area contributed by atoms with Gasteiger partial charge in [0.25, 0.3) is 5.56 Å². The Balaban J connectivity index is 1.33. The number of carbonyl (C=O) groups excluding carboxylic acids is 1. The van der Waals surface area contributed by atoms with Gasteiger partial charge in [0.05, 0.1) is 5.69 Å². The summed E-state index contributed by atoms with van der Waals surface area (Å²) in [7, 11) is 0. The van der Waals surface area contributed by atoms with E-state index >= 15 is 0 Å². The number of pyridine rings is 1. The Morgan fingerprint density at radius 3 is 2.68 bits per heavy atom. The zero-order valence-electron chi connectivity index (χ0n) is 16.7. The van der Waals surface area contributed by atoms with Gasteiger partial charge in [-0.05, 0) is 44.2 Å². The first-order valence-corrected chi connectivity index (χ1v) is 10.6. The van der Waals surface area contributed by atoms with Crippen molar-refractivity contribution in [1.82, 2.24) is 19.6 Å². The molecule has 2 aromatic heterocycles. The van der Waals surface area contributed by atoms with Crippen LogP contribution in [0.15, 0.2) is 29.2 Å². The van der Waals surface area contributed by atoms with Crippen molar-refractivity contribution in [2.24, 2.45) is 5.92 Å². The second-order valence-corrected chi connectivity index (χ2v) is 8.36. The van der Waals surface area contributed by atoms with Crippen LogP contribution in [-0.4, -0.2) is 39.3 Å². The number of amides is 1.